The number of aryl methyl sites for hydroxylation is 1. The van der Waals surface area contributed by atoms with Crippen molar-refractivity contribution in [3.05, 3.63) is 59.7 Å². The molecule has 0 saturated carbocycles. The third kappa shape index (κ3) is 6.70. The van der Waals surface area contributed by atoms with Crippen LogP contribution in [0, 0.1) is 6.92 Å². The Labute approximate surface area is 166 Å². The van der Waals surface area contributed by atoms with Gasteiger partial charge in [0.05, 0.1) is 18.7 Å². The Hall–Kier alpha value is -2.86. The lowest BCUT2D eigenvalue weighted by molar-refractivity contribution is -0.896. The summed E-state index contributed by atoms with van der Waals surface area (Å²) in [6, 6.07) is 14.2. The third-order valence-corrected chi connectivity index (χ3v) is 4.55. The minimum atomic E-state index is -0.354. The van der Waals surface area contributed by atoms with Crippen LogP contribution in [0.5, 0.6) is 5.75 Å². The van der Waals surface area contributed by atoms with E-state index in [9.17, 15) is 9.59 Å². The maximum absolute atomic E-state index is 12.1. The summed E-state index contributed by atoms with van der Waals surface area (Å²) < 4.78 is 10.8. The molecule has 28 heavy (non-hydrogen) atoms. The molecule has 0 aliphatic rings. The first-order valence-electron chi connectivity index (χ1n) is 9.62. The zero-order valence-electron chi connectivity index (χ0n) is 16.8. The van der Waals surface area contributed by atoms with Crippen LogP contribution in [-0.4, -0.2) is 44.7 Å². The minimum Gasteiger partial charge on any atom is -0.483 e. The van der Waals surface area contributed by atoms with E-state index in [4.69, 9.17) is 9.47 Å². The van der Waals surface area contributed by atoms with Gasteiger partial charge in [-0.05, 0) is 56.7 Å². The molecule has 0 unspecified atom stereocenters. The van der Waals surface area contributed by atoms with E-state index in [1.165, 1.54) is 4.90 Å². The lowest BCUT2D eigenvalue weighted by atomic mass is 10.2. The van der Waals surface area contributed by atoms with Gasteiger partial charge in [-0.3, -0.25) is 4.79 Å². The number of amides is 1. The van der Waals surface area contributed by atoms with Gasteiger partial charge in [0.25, 0.3) is 5.91 Å². The molecule has 2 rings (SSSR count). The van der Waals surface area contributed by atoms with Gasteiger partial charge in [0.2, 0.25) is 0 Å². The topological polar surface area (TPSA) is 69.1 Å². The molecule has 2 N–H and O–H groups in total. The van der Waals surface area contributed by atoms with Gasteiger partial charge in [0.15, 0.2) is 6.61 Å². The van der Waals surface area contributed by atoms with Gasteiger partial charge in [-0.1, -0.05) is 18.2 Å². The van der Waals surface area contributed by atoms with Crippen molar-refractivity contribution in [3.63, 3.8) is 0 Å². The van der Waals surface area contributed by atoms with Crippen LogP contribution in [-0.2, 0) is 9.53 Å². The molecular weight excluding hydrogens is 356 g/mol. The summed E-state index contributed by atoms with van der Waals surface area (Å²) in [5.74, 6) is 0.0652. The largest absolute Gasteiger partial charge is 0.483 e. The number of hydrogen-bond donors (Lipinski definition) is 2. The van der Waals surface area contributed by atoms with Crippen LogP contribution in [0.15, 0.2) is 48.5 Å². The molecule has 1 amide bonds. The van der Waals surface area contributed by atoms with Crippen LogP contribution in [0.4, 0.5) is 5.69 Å². The Morgan fingerprint density at radius 3 is 2.32 bits per heavy atom. The van der Waals surface area contributed by atoms with E-state index in [0.29, 0.717) is 23.6 Å². The van der Waals surface area contributed by atoms with E-state index >= 15 is 0 Å². The van der Waals surface area contributed by atoms with Crippen LogP contribution < -0.4 is 15.0 Å². The van der Waals surface area contributed by atoms with Crippen LogP contribution in [0.2, 0.25) is 0 Å². The average molecular weight is 385 g/mol. The number of carbonyl (C=O) groups is 2. The van der Waals surface area contributed by atoms with Gasteiger partial charge in [0, 0.05) is 5.69 Å². The first-order valence-corrected chi connectivity index (χ1v) is 9.62. The number of likely N-dealkylation sites (N-methyl/N-ethyl adjacent to an activating group) is 1. The van der Waals surface area contributed by atoms with Crippen molar-refractivity contribution >= 4 is 17.6 Å². The second-order valence-electron chi connectivity index (χ2n) is 6.52. The molecule has 150 valence electrons. The highest BCUT2D eigenvalue weighted by atomic mass is 16.5. The van der Waals surface area contributed by atoms with Crippen molar-refractivity contribution in [3.8, 4) is 5.75 Å². The summed E-state index contributed by atoms with van der Waals surface area (Å²) in [4.78, 5) is 25.5. The van der Waals surface area contributed by atoms with Crippen molar-refractivity contribution in [2.45, 2.75) is 20.8 Å². The summed E-state index contributed by atoms with van der Waals surface area (Å²) in [6.07, 6.45) is 0. The number of carbonyl (C=O) groups excluding carboxylic acids is 2. The van der Waals surface area contributed by atoms with Gasteiger partial charge in [-0.2, -0.15) is 0 Å². The number of esters is 1. The van der Waals surface area contributed by atoms with Crippen LogP contribution in [0.3, 0.4) is 0 Å². The van der Waals surface area contributed by atoms with Crippen LogP contribution in [0.1, 0.15) is 29.8 Å². The fourth-order valence-corrected chi connectivity index (χ4v) is 2.72. The molecule has 6 nitrogen and oxygen atoms in total. The second kappa shape index (κ2) is 11.1. The maximum atomic E-state index is 12.1. The van der Waals surface area contributed by atoms with Gasteiger partial charge in [-0.25, -0.2) is 4.79 Å². The van der Waals surface area contributed by atoms with E-state index in [2.05, 4.69) is 19.2 Å². The number of anilines is 1. The Morgan fingerprint density at radius 1 is 1.00 bits per heavy atom. The Morgan fingerprint density at radius 2 is 1.68 bits per heavy atom. The van der Waals surface area contributed by atoms with E-state index < -0.39 is 0 Å². The fourth-order valence-electron chi connectivity index (χ4n) is 2.72. The molecule has 0 aromatic heterocycles. The molecule has 2 aromatic rings. The van der Waals surface area contributed by atoms with Gasteiger partial charge in [0.1, 0.15) is 18.9 Å². The van der Waals surface area contributed by atoms with Crippen LogP contribution >= 0.6 is 0 Å². The molecule has 0 atom stereocenters. The molecule has 0 heterocycles. The third-order valence-electron chi connectivity index (χ3n) is 4.55. The van der Waals surface area contributed by atoms with E-state index in [-0.39, 0.29) is 18.5 Å². The number of nitrogens with one attached hydrogen (secondary N) is 2. The van der Waals surface area contributed by atoms with Gasteiger partial charge in [-0.15, -0.1) is 0 Å². The molecule has 0 radical (unpaired) electrons. The maximum Gasteiger partial charge on any atom is 0.338 e. The number of benzene rings is 2. The Bertz CT molecular complexity index is 770. The summed E-state index contributed by atoms with van der Waals surface area (Å²) >= 11 is 0. The molecule has 0 aliphatic carbocycles. The fraction of sp³-hybridized carbons (Fsp3) is 0.364. The standard InChI is InChI=1S/C22H28N2O4/c1-4-24(5-2)14-15-27-22(26)18-10-12-19(13-11-18)23-21(25)16-28-20-9-7-6-8-17(20)3/h6-13H,4-5,14-16H2,1-3H3,(H,23,25)/p+1. The predicted molar refractivity (Wildman–Crippen MR) is 109 cm³/mol. The van der Waals surface area contributed by atoms with Crippen molar-refractivity contribution in [2.75, 3.05) is 38.2 Å². The number of para-hydroxylation sites is 1. The molecule has 0 fully saturated rings. The molecule has 0 saturated heterocycles. The van der Waals surface area contributed by atoms with Gasteiger partial charge < -0.3 is 19.7 Å². The van der Waals surface area contributed by atoms with E-state index in [1.54, 1.807) is 24.3 Å². The molecule has 0 aliphatic heterocycles. The summed E-state index contributed by atoms with van der Waals surface area (Å²) in [7, 11) is 0. The van der Waals surface area contributed by atoms with E-state index in [0.717, 1.165) is 25.2 Å². The highest BCUT2D eigenvalue weighted by molar-refractivity contribution is 5.93. The zero-order chi connectivity index (χ0) is 20.4. The quantitative estimate of drug-likeness (QED) is 0.615. The first-order chi connectivity index (χ1) is 13.5. The van der Waals surface area contributed by atoms with E-state index in [1.807, 2.05) is 31.2 Å². The highest BCUT2D eigenvalue weighted by Crippen LogP contribution is 2.16. The second-order valence-corrected chi connectivity index (χ2v) is 6.52. The smallest absolute Gasteiger partial charge is 0.338 e. The lowest BCUT2D eigenvalue weighted by Gasteiger charge is -2.15. The minimum absolute atomic E-state index is 0.0810. The summed E-state index contributed by atoms with van der Waals surface area (Å²) in [5.41, 5.74) is 2.03. The highest BCUT2D eigenvalue weighted by Gasteiger charge is 2.10. The predicted octanol–water partition coefficient (Wildman–Crippen LogP) is 2.09. The lowest BCUT2D eigenvalue weighted by Crippen LogP contribution is -3.11. The first kappa shape index (κ1) is 21.4. The number of hydrogen-bond acceptors (Lipinski definition) is 4. The molecular formula is C22H29N2O4+. The van der Waals surface area contributed by atoms with Crippen molar-refractivity contribution in [2.24, 2.45) is 0 Å². The molecule has 6 heteroatoms. The Balaban J connectivity index is 1.79. The van der Waals surface area contributed by atoms with Crippen molar-refractivity contribution in [1.29, 1.82) is 0 Å². The summed E-state index contributed by atoms with van der Waals surface area (Å²) in [5, 5.41) is 2.75. The number of quaternary nitrogens is 1. The van der Waals surface area contributed by atoms with Gasteiger partial charge >= 0.3 is 5.97 Å². The number of ether oxygens (including phenoxy) is 2. The Kier molecular flexibility index (Phi) is 8.49. The van der Waals surface area contributed by atoms with Crippen molar-refractivity contribution in [1.82, 2.24) is 0 Å². The SMILES string of the molecule is CC[NH+](CC)CCOC(=O)c1ccc(NC(=O)COc2ccccc2C)cc1. The normalized spacial score (nSPS) is 10.6. The molecule has 0 bridgehead atoms. The monoisotopic (exact) mass is 385 g/mol. The zero-order valence-corrected chi connectivity index (χ0v) is 16.8. The number of rotatable bonds is 10. The molecule has 2 aromatic carbocycles. The summed E-state index contributed by atoms with van der Waals surface area (Å²) in [6.45, 7) is 9.28. The van der Waals surface area contributed by atoms with Crippen LogP contribution in [0.25, 0.3) is 0 Å². The van der Waals surface area contributed by atoms with Crippen molar-refractivity contribution < 1.29 is 24.0 Å². The molecule has 0 spiro atoms. The average Bonchev–Trinajstić information content (AvgIpc) is 2.71.